The Morgan fingerprint density at radius 3 is 2.83 bits per heavy atom. The second-order valence-corrected chi connectivity index (χ2v) is 9.36. The van der Waals surface area contributed by atoms with Crippen molar-refractivity contribution in [3.05, 3.63) is 70.0 Å². The molecular weight excluding hydrogens is 500 g/mol. The minimum Gasteiger partial charge on any atom is -0.394 e. The summed E-state index contributed by atoms with van der Waals surface area (Å²) >= 11 is 1.24. The predicted molar refractivity (Wildman–Crippen MR) is 127 cm³/mol. The fourth-order valence-corrected chi connectivity index (χ4v) is 5.07. The van der Waals surface area contributed by atoms with Crippen LogP contribution in [0.3, 0.4) is 0 Å². The topological polar surface area (TPSA) is 80.0 Å². The number of fused-ring (bicyclic) bond motifs is 1. The van der Waals surface area contributed by atoms with Gasteiger partial charge in [0.15, 0.2) is 5.17 Å². The van der Waals surface area contributed by atoms with Crippen molar-refractivity contribution in [3.8, 4) is 0 Å². The Morgan fingerprint density at radius 1 is 1.22 bits per heavy atom. The van der Waals surface area contributed by atoms with Crippen molar-refractivity contribution < 1.29 is 32.2 Å². The normalized spacial score (nSPS) is 20.0. The second-order valence-electron chi connectivity index (χ2n) is 8.35. The van der Waals surface area contributed by atoms with Crippen molar-refractivity contribution in [1.29, 1.82) is 0 Å². The first-order chi connectivity index (χ1) is 17.2. The molecule has 2 aliphatic heterocycles. The average molecular weight is 521 g/mol. The molecule has 7 nitrogen and oxygen atoms in total. The minimum atomic E-state index is -4.69. The van der Waals surface area contributed by atoms with Crippen LogP contribution in [0.1, 0.15) is 16.7 Å². The highest BCUT2D eigenvalue weighted by Crippen LogP contribution is 2.34. The molecule has 1 N–H and O–H groups in total. The lowest BCUT2D eigenvalue weighted by molar-refractivity contribution is -0.138. The van der Waals surface area contributed by atoms with Gasteiger partial charge in [0.2, 0.25) is 0 Å². The lowest BCUT2D eigenvalue weighted by Gasteiger charge is -2.32. The van der Waals surface area contributed by atoms with Gasteiger partial charge in [-0.05, 0) is 53.2 Å². The first kappa shape index (κ1) is 24.5. The molecule has 36 heavy (non-hydrogen) atoms. The van der Waals surface area contributed by atoms with Gasteiger partial charge in [-0.15, -0.1) is 0 Å². The highest BCUT2D eigenvalue weighted by Gasteiger charge is 2.34. The Bertz CT molecular complexity index is 1390. The molecule has 0 aliphatic carbocycles. The van der Waals surface area contributed by atoms with E-state index < -0.39 is 17.6 Å². The van der Waals surface area contributed by atoms with E-state index >= 15 is 0 Å². The number of aliphatic hydroxyl groups excluding tert-OH is 1. The van der Waals surface area contributed by atoms with E-state index in [4.69, 9.17) is 4.74 Å². The third-order valence-electron chi connectivity index (χ3n) is 5.88. The molecule has 2 aromatic carbocycles. The van der Waals surface area contributed by atoms with E-state index in [1.165, 1.54) is 22.6 Å². The summed E-state index contributed by atoms with van der Waals surface area (Å²) in [6.07, 6.45) is -1.79. The first-order valence-electron chi connectivity index (χ1n) is 11.0. The Morgan fingerprint density at radius 2 is 2.06 bits per heavy atom. The number of aliphatic hydroxyl groups is 1. The summed E-state index contributed by atoms with van der Waals surface area (Å²) in [7, 11) is 0. The van der Waals surface area contributed by atoms with Gasteiger partial charge in [-0.3, -0.25) is 9.48 Å². The van der Waals surface area contributed by atoms with Crippen molar-refractivity contribution in [2.45, 2.75) is 18.8 Å². The Kier molecular flexibility index (Phi) is 6.58. The number of ether oxygens (including phenoxy) is 1. The predicted octanol–water partition coefficient (Wildman–Crippen LogP) is 3.91. The number of carbonyl (C=O) groups is 1. The van der Waals surface area contributed by atoms with Gasteiger partial charge in [-0.2, -0.15) is 23.3 Å². The molecule has 1 fully saturated rings. The van der Waals surface area contributed by atoms with Gasteiger partial charge in [-0.25, -0.2) is 4.39 Å². The first-order valence-corrected chi connectivity index (χ1v) is 11.8. The number of carbonyl (C=O) groups excluding carboxylic acids is 1. The molecule has 12 heteroatoms. The van der Waals surface area contributed by atoms with E-state index in [0.717, 1.165) is 12.1 Å². The molecule has 0 spiro atoms. The maximum Gasteiger partial charge on any atom is 0.416 e. The number of thioether (sulfide) groups is 1. The number of alkyl halides is 3. The third kappa shape index (κ3) is 5.01. The standard InChI is InChI=1S/C24H20F4N4O3S/c25-17-3-2-15(19(9-17)24(26,27)28)11-32-20-4-1-14(7-16(20)10-29-32)8-21-22(34)30-23(36-21)31-5-6-35-18(12-31)13-33/h1-4,7-10,18,33H,5-6,11-13H2/b21-8-/t18-/m0/s1. The smallest absolute Gasteiger partial charge is 0.394 e. The van der Waals surface area contributed by atoms with Gasteiger partial charge in [0.25, 0.3) is 5.91 Å². The fourth-order valence-electron chi connectivity index (χ4n) is 4.12. The molecule has 2 aliphatic rings. The number of morpholine rings is 1. The highest BCUT2D eigenvalue weighted by atomic mass is 32.2. The van der Waals surface area contributed by atoms with Gasteiger partial charge in [0.05, 0.1) is 48.0 Å². The van der Waals surface area contributed by atoms with E-state index in [2.05, 4.69) is 10.1 Å². The zero-order valence-electron chi connectivity index (χ0n) is 18.7. The summed E-state index contributed by atoms with van der Waals surface area (Å²) in [4.78, 5) is 18.9. The monoisotopic (exact) mass is 520 g/mol. The largest absolute Gasteiger partial charge is 0.416 e. The molecule has 1 aromatic heterocycles. The summed E-state index contributed by atoms with van der Waals surface area (Å²) < 4.78 is 60.4. The van der Waals surface area contributed by atoms with Crippen LogP contribution in [0.25, 0.3) is 17.0 Å². The van der Waals surface area contributed by atoms with E-state index in [1.807, 2.05) is 4.90 Å². The number of aromatic nitrogens is 2. The van der Waals surface area contributed by atoms with E-state index in [-0.39, 0.29) is 30.7 Å². The van der Waals surface area contributed by atoms with Crippen LogP contribution in [0.4, 0.5) is 17.6 Å². The highest BCUT2D eigenvalue weighted by molar-refractivity contribution is 8.18. The molecule has 0 radical (unpaired) electrons. The Labute approximate surface area is 207 Å². The van der Waals surface area contributed by atoms with Crippen LogP contribution in [0.5, 0.6) is 0 Å². The molecule has 1 amide bonds. The molecule has 3 aromatic rings. The summed E-state index contributed by atoms with van der Waals surface area (Å²) in [5.41, 5.74) is 0.178. The van der Waals surface area contributed by atoms with Gasteiger partial charge in [0, 0.05) is 18.5 Å². The van der Waals surface area contributed by atoms with Crippen LogP contribution in [-0.2, 0) is 22.3 Å². The second kappa shape index (κ2) is 9.68. The Balaban J connectivity index is 1.35. The van der Waals surface area contributed by atoms with Crippen LogP contribution >= 0.6 is 11.8 Å². The maximum atomic E-state index is 13.4. The maximum absolute atomic E-state index is 13.4. The number of hydrogen-bond acceptors (Lipinski definition) is 6. The number of amidine groups is 1. The Hall–Kier alpha value is -3.22. The van der Waals surface area contributed by atoms with E-state index in [1.54, 1.807) is 24.3 Å². The van der Waals surface area contributed by atoms with Crippen molar-refractivity contribution in [2.75, 3.05) is 26.3 Å². The molecule has 0 saturated carbocycles. The minimum absolute atomic E-state index is 0.0933. The van der Waals surface area contributed by atoms with Crippen molar-refractivity contribution in [1.82, 2.24) is 14.7 Å². The molecule has 0 bridgehead atoms. The summed E-state index contributed by atoms with van der Waals surface area (Å²) in [5, 5.41) is 14.8. The zero-order chi connectivity index (χ0) is 25.4. The average Bonchev–Trinajstić information content (AvgIpc) is 3.42. The molecular formula is C24H20F4N4O3S. The summed E-state index contributed by atoms with van der Waals surface area (Å²) in [5.74, 6) is -1.32. The van der Waals surface area contributed by atoms with Gasteiger partial charge in [0.1, 0.15) is 5.82 Å². The summed E-state index contributed by atoms with van der Waals surface area (Å²) in [6.45, 7) is 1.15. The van der Waals surface area contributed by atoms with Gasteiger partial charge < -0.3 is 14.7 Å². The van der Waals surface area contributed by atoms with Crippen molar-refractivity contribution >= 4 is 39.8 Å². The molecule has 1 atom stereocenters. The number of nitrogens with zero attached hydrogens (tertiary/aromatic N) is 4. The molecule has 0 unspecified atom stereocenters. The van der Waals surface area contributed by atoms with Crippen LogP contribution in [-0.4, -0.2) is 63.3 Å². The zero-order valence-corrected chi connectivity index (χ0v) is 19.5. The van der Waals surface area contributed by atoms with Crippen molar-refractivity contribution in [2.24, 2.45) is 4.99 Å². The van der Waals surface area contributed by atoms with Crippen molar-refractivity contribution in [3.63, 3.8) is 0 Å². The summed E-state index contributed by atoms with van der Waals surface area (Å²) in [6, 6.07) is 7.83. The van der Waals surface area contributed by atoms with Gasteiger partial charge >= 0.3 is 6.18 Å². The van der Waals surface area contributed by atoms with E-state index in [0.29, 0.717) is 52.3 Å². The molecule has 1 saturated heterocycles. The number of benzene rings is 2. The lowest BCUT2D eigenvalue weighted by Crippen LogP contribution is -2.45. The number of amides is 1. The van der Waals surface area contributed by atoms with E-state index in [9.17, 15) is 27.5 Å². The lowest BCUT2D eigenvalue weighted by atomic mass is 10.1. The number of rotatable bonds is 4. The molecule has 188 valence electrons. The van der Waals surface area contributed by atoms with Crippen LogP contribution in [0.2, 0.25) is 0 Å². The SMILES string of the molecule is O=C1N=C(N2CCO[C@H](CO)C2)S/C1=C\c1ccc2c(cnn2Cc2ccc(F)cc2C(F)(F)F)c1. The number of hydrogen-bond donors (Lipinski definition) is 1. The van der Waals surface area contributed by atoms with Crippen LogP contribution in [0, 0.1) is 5.82 Å². The van der Waals surface area contributed by atoms with Crippen LogP contribution < -0.4 is 0 Å². The molecule has 5 rings (SSSR count). The van der Waals surface area contributed by atoms with Crippen LogP contribution in [0.15, 0.2) is 52.5 Å². The number of halogens is 4. The fraction of sp³-hybridized carbons (Fsp3) is 0.292. The third-order valence-corrected chi connectivity index (χ3v) is 6.93. The number of aliphatic imine (C=N–C) groups is 1. The molecule has 3 heterocycles. The van der Waals surface area contributed by atoms with Gasteiger partial charge in [-0.1, -0.05) is 12.1 Å². The quantitative estimate of drug-likeness (QED) is 0.415.